The molecule has 0 bridgehead atoms. The lowest BCUT2D eigenvalue weighted by Gasteiger charge is -2.26. The van der Waals surface area contributed by atoms with Gasteiger partial charge < -0.3 is 16.0 Å². The zero-order chi connectivity index (χ0) is 11.1. The molecular weight excluding hydrogens is 196 g/mol. The third kappa shape index (κ3) is 4.75. The zero-order valence-corrected chi connectivity index (χ0v) is 9.01. The van der Waals surface area contributed by atoms with Crippen LogP contribution in [0.3, 0.4) is 0 Å². The smallest absolute Gasteiger partial charge is 0.239 e. The highest BCUT2D eigenvalue weighted by Gasteiger charge is 2.13. The van der Waals surface area contributed by atoms with Gasteiger partial charge in [0, 0.05) is 33.2 Å². The largest absolute Gasteiger partial charge is 0.358 e. The Morgan fingerprint density at radius 1 is 1.27 bits per heavy atom. The van der Waals surface area contributed by atoms with E-state index in [9.17, 15) is 9.59 Å². The van der Waals surface area contributed by atoms with Crippen LogP contribution in [-0.2, 0) is 9.59 Å². The Bertz CT molecular complexity index is 226. The minimum absolute atomic E-state index is 0.0570. The first-order valence-electron chi connectivity index (χ1n) is 5.12. The highest BCUT2D eigenvalue weighted by atomic mass is 16.2. The predicted octanol–water partition coefficient (Wildman–Crippen LogP) is -2.25. The van der Waals surface area contributed by atoms with Crippen molar-refractivity contribution in [3.8, 4) is 0 Å². The fraction of sp³-hybridized carbons (Fsp3) is 0.778. The van der Waals surface area contributed by atoms with Gasteiger partial charge in [-0.15, -0.1) is 0 Å². The van der Waals surface area contributed by atoms with E-state index in [1.807, 2.05) is 0 Å². The monoisotopic (exact) mass is 214 g/mol. The van der Waals surface area contributed by atoms with E-state index < -0.39 is 0 Å². The van der Waals surface area contributed by atoms with Gasteiger partial charge in [0.05, 0.1) is 13.1 Å². The van der Waals surface area contributed by atoms with Crippen molar-refractivity contribution < 1.29 is 9.59 Å². The van der Waals surface area contributed by atoms with Crippen molar-refractivity contribution in [2.24, 2.45) is 0 Å². The molecule has 6 heteroatoms. The van der Waals surface area contributed by atoms with Gasteiger partial charge in [-0.2, -0.15) is 0 Å². The van der Waals surface area contributed by atoms with Gasteiger partial charge >= 0.3 is 0 Å². The van der Waals surface area contributed by atoms with Gasteiger partial charge in [-0.25, -0.2) is 0 Å². The van der Waals surface area contributed by atoms with E-state index >= 15 is 0 Å². The van der Waals surface area contributed by atoms with Crippen LogP contribution >= 0.6 is 0 Å². The summed E-state index contributed by atoms with van der Waals surface area (Å²) >= 11 is 0. The van der Waals surface area contributed by atoms with Crippen LogP contribution in [0.4, 0.5) is 0 Å². The number of nitrogens with zero attached hydrogens (tertiary/aromatic N) is 1. The number of nitrogens with one attached hydrogen (secondary N) is 3. The van der Waals surface area contributed by atoms with Gasteiger partial charge in [0.25, 0.3) is 0 Å². The van der Waals surface area contributed by atoms with Gasteiger partial charge in [0.15, 0.2) is 0 Å². The van der Waals surface area contributed by atoms with Gasteiger partial charge in [-0.05, 0) is 0 Å². The molecule has 1 saturated heterocycles. The van der Waals surface area contributed by atoms with E-state index in [1.54, 1.807) is 7.05 Å². The molecule has 0 spiro atoms. The average molecular weight is 214 g/mol. The molecule has 2 amide bonds. The van der Waals surface area contributed by atoms with E-state index in [-0.39, 0.29) is 18.4 Å². The van der Waals surface area contributed by atoms with Crippen LogP contribution in [0, 0.1) is 0 Å². The van der Waals surface area contributed by atoms with Gasteiger partial charge in [0.2, 0.25) is 11.8 Å². The molecule has 0 saturated carbocycles. The number of amides is 2. The molecule has 1 aliphatic rings. The number of hydrogen-bond donors (Lipinski definition) is 3. The van der Waals surface area contributed by atoms with Gasteiger partial charge in [-0.1, -0.05) is 0 Å². The summed E-state index contributed by atoms with van der Waals surface area (Å²) in [6.45, 7) is 4.03. The van der Waals surface area contributed by atoms with Crippen LogP contribution < -0.4 is 16.0 Å². The van der Waals surface area contributed by atoms with E-state index in [0.717, 1.165) is 26.2 Å². The second-order valence-corrected chi connectivity index (χ2v) is 3.48. The molecule has 3 N–H and O–H groups in total. The first-order chi connectivity index (χ1) is 7.22. The maximum Gasteiger partial charge on any atom is 0.239 e. The van der Waals surface area contributed by atoms with Crippen molar-refractivity contribution in [3.63, 3.8) is 0 Å². The highest BCUT2D eigenvalue weighted by Crippen LogP contribution is 1.90. The third-order valence-corrected chi connectivity index (χ3v) is 2.30. The van der Waals surface area contributed by atoms with Crippen LogP contribution in [-0.4, -0.2) is 63.0 Å². The molecule has 0 aromatic rings. The Labute approximate surface area is 89.4 Å². The van der Waals surface area contributed by atoms with Crippen LogP contribution in [0.1, 0.15) is 0 Å². The maximum atomic E-state index is 11.4. The van der Waals surface area contributed by atoms with Crippen molar-refractivity contribution in [3.05, 3.63) is 0 Å². The van der Waals surface area contributed by atoms with Gasteiger partial charge in [0.1, 0.15) is 0 Å². The minimum atomic E-state index is -0.177. The number of carbonyl (C=O) groups is 2. The number of likely N-dealkylation sites (N-methyl/N-ethyl adjacent to an activating group) is 1. The lowest BCUT2D eigenvalue weighted by Crippen LogP contribution is -2.48. The molecule has 86 valence electrons. The molecule has 0 atom stereocenters. The van der Waals surface area contributed by atoms with Crippen molar-refractivity contribution in [1.82, 2.24) is 20.9 Å². The Hall–Kier alpha value is -1.14. The highest BCUT2D eigenvalue weighted by molar-refractivity contribution is 5.85. The molecule has 0 aromatic carbocycles. The molecule has 15 heavy (non-hydrogen) atoms. The summed E-state index contributed by atoms with van der Waals surface area (Å²) in [7, 11) is 1.55. The SMILES string of the molecule is CNC(=O)CNC(=O)CN1CCNCC1. The number of piperazine rings is 1. The standard InChI is InChI=1S/C9H18N4O2/c1-10-8(14)6-12-9(15)7-13-4-2-11-3-5-13/h11H,2-7H2,1H3,(H,10,14)(H,12,15). The molecular formula is C9H18N4O2. The quantitative estimate of drug-likeness (QED) is 0.494. The van der Waals surface area contributed by atoms with Crippen LogP contribution in [0.5, 0.6) is 0 Å². The summed E-state index contributed by atoms with van der Waals surface area (Å²) in [5.74, 6) is -0.274. The van der Waals surface area contributed by atoms with Crippen molar-refractivity contribution in [2.75, 3.05) is 46.3 Å². The molecule has 0 unspecified atom stereocenters. The van der Waals surface area contributed by atoms with Crippen LogP contribution in [0.25, 0.3) is 0 Å². The summed E-state index contributed by atoms with van der Waals surface area (Å²) in [4.78, 5) is 24.3. The Balaban J connectivity index is 2.14. The molecule has 0 aliphatic carbocycles. The fourth-order valence-electron chi connectivity index (χ4n) is 1.40. The molecule has 1 rings (SSSR count). The Morgan fingerprint density at radius 3 is 2.53 bits per heavy atom. The van der Waals surface area contributed by atoms with E-state index in [0.29, 0.717) is 6.54 Å². The van der Waals surface area contributed by atoms with Crippen molar-refractivity contribution in [1.29, 1.82) is 0 Å². The zero-order valence-electron chi connectivity index (χ0n) is 9.01. The molecule has 1 aliphatic heterocycles. The lowest BCUT2D eigenvalue weighted by atomic mass is 10.3. The number of rotatable bonds is 4. The molecule has 0 radical (unpaired) electrons. The minimum Gasteiger partial charge on any atom is -0.358 e. The first kappa shape index (κ1) is 11.9. The summed E-state index contributed by atoms with van der Waals surface area (Å²) < 4.78 is 0. The predicted molar refractivity (Wildman–Crippen MR) is 56.4 cm³/mol. The van der Waals surface area contributed by atoms with Crippen molar-refractivity contribution in [2.45, 2.75) is 0 Å². The molecule has 0 aromatic heterocycles. The fourth-order valence-corrected chi connectivity index (χ4v) is 1.40. The summed E-state index contributed by atoms with van der Waals surface area (Å²) in [5.41, 5.74) is 0. The van der Waals surface area contributed by atoms with Gasteiger partial charge in [-0.3, -0.25) is 14.5 Å². The summed E-state index contributed by atoms with van der Waals surface area (Å²) in [6, 6.07) is 0. The summed E-state index contributed by atoms with van der Waals surface area (Å²) in [5, 5.41) is 8.22. The van der Waals surface area contributed by atoms with E-state index in [2.05, 4.69) is 20.9 Å². The van der Waals surface area contributed by atoms with Crippen LogP contribution in [0.15, 0.2) is 0 Å². The maximum absolute atomic E-state index is 11.4. The topological polar surface area (TPSA) is 73.5 Å². The van der Waals surface area contributed by atoms with E-state index in [1.165, 1.54) is 0 Å². The summed E-state index contributed by atoms with van der Waals surface area (Å²) in [6.07, 6.45) is 0. The number of carbonyl (C=O) groups excluding carboxylic acids is 2. The Morgan fingerprint density at radius 2 is 1.93 bits per heavy atom. The second kappa shape index (κ2) is 6.36. The number of hydrogen-bond acceptors (Lipinski definition) is 4. The normalized spacial score (nSPS) is 17.1. The third-order valence-electron chi connectivity index (χ3n) is 2.30. The molecule has 6 nitrogen and oxygen atoms in total. The molecule has 1 heterocycles. The lowest BCUT2D eigenvalue weighted by molar-refractivity contribution is -0.126. The van der Waals surface area contributed by atoms with Crippen LogP contribution in [0.2, 0.25) is 0 Å². The van der Waals surface area contributed by atoms with E-state index in [4.69, 9.17) is 0 Å². The average Bonchev–Trinajstić information content (AvgIpc) is 2.27. The Kier molecular flexibility index (Phi) is 5.06. The van der Waals surface area contributed by atoms with Crippen molar-refractivity contribution >= 4 is 11.8 Å². The second-order valence-electron chi connectivity index (χ2n) is 3.48. The first-order valence-corrected chi connectivity index (χ1v) is 5.12. The molecule has 1 fully saturated rings.